The molecule has 1 aromatic carbocycles. The van der Waals surface area contributed by atoms with Crippen LogP contribution in [0.1, 0.15) is 51.9 Å². The average Bonchev–Trinajstić information content (AvgIpc) is 2.55. The number of para-hydroxylation sites is 1. The SMILES string of the molecule is CCCCN(C(=O)CCC1CCCCN1)c1ccccc1. The van der Waals surface area contributed by atoms with Crippen LogP contribution in [-0.2, 0) is 4.79 Å². The van der Waals surface area contributed by atoms with Crippen LogP contribution in [0.3, 0.4) is 0 Å². The van der Waals surface area contributed by atoms with E-state index in [0.717, 1.165) is 38.0 Å². The molecule has 1 fully saturated rings. The summed E-state index contributed by atoms with van der Waals surface area (Å²) in [6, 6.07) is 10.6. The zero-order valence-electron chi connectivity index (χ0n) is 13.2. The number of nitrogens with zero attached hydrogens (tertiary/aromatic N) is 1. The van der Waals surface area contributed by atoms with Crippen molar-refractivity contribution in [3.05, 3.63) is 30.3 Å². The number of nitrogens with one attached hydrogen (secondary N) is 1. The van der Waals surface area contributed by atoms with Gasteiger partial charge in [0.1, 0.15) is 0 Å². The van der Waals surface area contributed by atoms with E-state index in [1.165, 1.54) is 19.3 Å². The third-order valence-corrected chi connectivity index (χ3v) is 4.22. The maximum atomic E-state index is 12.6. The quantitative estimate of drug-likeness (QED) is 0.829. The van der Waals surface area contributed by atoms with Gasteiger partial charge in [-0.15, -0.1) is 0 Å². The van der Waals surface area contributed by atoms with Crippen molar-refractivity contribution in [2.45, 2.75) is 57.9 Å². The zero-order chi connectivity index (χ0) is 14.9. The Balaban J connectivity index is 1.90. The number of rotatable bonds is 7. The zero-order valence-corrected chi connectivity index (χ0v) is 13.2. The van der Waals surface area contributed by atoms with Crippen molar-refractivity contribution in [3.8, 4) is 0 Å². The summed E-state index contributed by atoms with van der Waals surface area (Å²) in [7, 11) is 0. The Labute approximate surface area is 128 Å². The molecule has 3 nitrogen and oxygen atoms in total. The van der Waals surface area contributed by atoms with Crippen LogP contribution in [-0.4, -0.2) is 25.0 Å². The Morgan fingerprint density at radius 2 is 2.10 bits per heavy atom. The molecule has 2 rings (SSSR count). The monoisotopic (exact) mass is 288 g/mol. The Morgan fingerprint density at radius 1 is 1.29 bits per heavy atom. The number of anilines is 1. The van der Waals surface area contributed by atoms with Crippen molar-refractivity contribution < 1.29 is 4.79 Å². The lowest BCUT2D eigenvalue weighted by molar-refractivity contribution is -0.118. The highest BCUT2D eigenvalue weighted by atomic mass is 16.2. The largest absolute Gasteiger partial charge is 0.314 e. The minimum absolute atomic E-state index is 0.266. The van der Waals surface area contributed by atoms with E-state index >= 15 is 0 Å². The maximum Gasteiger partial charge on any atom is 0.227 e. The van der Waals surface area contributed by atoms with Gasteiger partial charge in [-0.2, -0.15) is 0 Å². The molecule has 0 bridgehead atoms. The van der Waals surface area contributed by atoms with Gasteiger partial charge in [0.05, 0.1) is 0 Å². The van der Waals surface area contributed by atoms with Crippen LogP contribution in [0.25, 0.3) is 0 Å². The number of hydrogen-bond donors (Lipinski definition) is 1. The second kappa shape index (κ2) is 8.83. The van der Waals surface area contributed by atoms with Crippen molar-refractivity contribution in [3.63, 3.8) is 0 Å². The smallest absolute Gasteiger partial charge is 0.227 e. The van der Waals surface area contributed by atoms with E-state index in [2.05, 4.69) is 12.2 Å². The Hall–Kier alpha value is -1.35. The standard InChI is InChI=1S/C18H28N2O/c1-2-3-15-20(17-10-5-4-6-11-17)18(21)13-12-16-9-7-8-14-19-16/h4-6,10-11,16,19H,2-3,7-9,12-15H2,1H3. The van der Waals surface area contributed by atoms with Crippen LogP contribution in [0.5, 0.6) is 0 Å². The van der Waals surface area contributed by atoms with E-state index in [1.54, 1.807) is 0 Å². The van der Waals surface area contributed by atoms with Gasteiger partial charge in [-0.25, -0.2) is 0 Å². The van der Waals surface area contributed by atoms with Gasteiger partial charge in [-0.05, 0) is 44.4 Å². The third-order valence-electron chi connectivity index (χ3n) is 4.22. The van der Waals surface area contributed by atoms with E-state index in [9.17, 15) is 4.79 Å². The first-order valence-electron chi connectivity index (χ1n) is 8.40. The predicted octanol–water partition coefficient (Wildman–Crippen LogP) is 3.74. The van der Waals surface area contributed by atoms with Crippen LogP contribution in [0, 0.1) is 0 Å². The van der Waals surface area contributed by atoms with Gasteiger partial charge in [0.2, 0.25) is 5.91 Å². The van der Waals surface area contributed by atoms with E-state index in [1.807, 2.05) is 35.2 Å². The molecule has 1 aromatic rings. The fraction of sp³-hybridized carbons (Fsp3) is 0.611. The Kier molecular flexibility index (Phi) is 6.74. The van der Waals surface area contributed by atoms with Crippen LogP contribution in [0.2, 0.25) is 0 Å². The van der Waals surface area contributed by atoms with Crippen molar-refractivity contribution in [2.75, 3.05) is 18.0 Å². The molecular formula is C18H28N2O. The maximum absolute atomic E-state index is 12.6. The molecular weight excluding hydrogens is 260 g/mol. The molecule has 0 aliphatic carbocycles. The average molecular weight is 288 g/mol. The number of piperidine rings is 1. The molecule has 0 spiro atoms. The minimum atomic E-state index is 0.266. The molecule has 1 unspecified atom stereocenters. The molecule has 1 aliphatic rings. The van der Waals surface area contributed by atoms with Gasteiger partial charge < -0.3 is 10.2 Å². The number of carbonyl (C=O) groups is 1. The summed E-state index contributed by atoms with van der Waals surface area (Å²) in [6.45, 7) is 4.11. The number of carbonyl (C=O) groups excluding carboxylic acids is 1. The lowest BCUT2D eigenvalue weighted by atomic mass is 10.00. The van der Waals surface area contributed by atoms with Crippen LogP contribution in [0.15, 0.2) is 30.3 Å². The van der Waals surface area contributed by atoms with Crippen LogP contribution in [0.4, 0.5) is 5.69 Å². The van der Waals surface area contributed by atoms with E-state index in [-0.39, 0.29) is 5.91 Å². The third kappa shape index (κ3) is 5.16. The number of amides is 1. The summed E-state index contributed by atoms with van der Waals surface area (Å²) >= 11 is 0. The molecule has 1 heterocycles. The lowest BCUT2D eigenvalue weighted by Gasteiger charge is -2.26. The van der Waals surface area contributed by atoms with Gasteiger partial charge in [-0.1, -0.05) is 38.0 Å². The Morgan fingerprint density at radius 3 is 2.76 bits per heavy atom. The topological polar surface area (TPSA) is 32.3 Å². The van der Waals surface area contributed by atoms with Crippen molar-refractivity contribution >= 4 is 11.6 Å². The molecule has 0 aromatic heterocycles. The second-order valence-corrected chi connectivity index (χ2v) is 5.92. The molecule has 1 saturated heterocycles. The molecule has 0 saturated carbocycles. The molecule has 1 atom stereocenters. The summed E-state index contributed by atoms with van der Waals surface area (Å²) in [5, 5.41) is 3.53. The molecule has 21 heavy (non-hydrogen) atoms. The number of benzene rings is 1. The summed E-state index contributed by atoms with van der Waals surface area (Å²) in [5.74, 6) is 0.266. The first-order valence-corrected chi connectivity index (χ1v) is 8.40. The van der Waals surface area contributed by atoms with Gasteiger partial charge in [-0.3, -0.25) is 4.79 Å². The summed E-state index contributed by atoms with van der Waals surface area (Å²) in [4.78, 5) is 14.6. The molecule has 1 amide bonds. The number of hydrogen-bond acceptors (Lipinski definition) is 2. The second-order valence-electron chi connectivity index (χ2n) is 5.92. The van der Waals surface area contributed by atoms with Gasteiger partial charge >= 0.3 is 0 Å². The van der Waals surface area contributed by atoms with Crippen LogP contribution >= 0.6 is 0 Å². The van der Waals surface area contributed by atoms with Crippen molar-refractivity contribution in [2.24, 2.45) is 0 Å². The normalized spacial score (nSPS) is 18.4. The number of unbranched alkanes of at least 4 members (excludes halogenated alkanes) is 1. The summed E-state index contributed by atoms with van der Waals surface area (Å²) in [6.07, 6.45) is 7.57. The van der Waals surface area contributed by atoms with Gasteiger partial charge in [0.25, 0.3) is 0 Å². The van der Waals surface area contributed by atoms with E-state index in [0.29, 0.717) is 12.5 Å². The van der Waals surface area contributed by atoms with E-state index in [4.69, 9.17) is 0 Å². The summed E-state index contributed by atoms with van der Waals surface area (Å²) in [5.41, 5.74) is 1.03. The lowest BCUT2D eigenvalue weighted by Crippen LogP contribution is -2.37. The molecule has 1 N–H and O–H groups in total. The van der Waals surface area contributed by atoms with Crippen molar-refractivity contribution in [1.29, 1.82) is 0 Å². The first kappa shape index (κ1) is 16.0. The fourth-order valence-electron chi connectivity index (χ4n) is 2.93. The molecule has 0 radical (unpaired) electrons. The predicted molar refractivity (Wildman–Crippen MR) is 88.6 cm³/mol. The fourth-order valence-corrected chi connectivity index (χ4v) is 2.93. The minimum Gasteiger partial charge on any atom is -0.314 e. The molecule has 116 valence electrons. The van der Waals surface area contributed by atoms with Gasteiger partial charge in [0.15, 0.2) is 0 Å². The van der Waals surface area contributed by atoms with Crippen LogP contribution < -0.4 is 10.2 Å². The molecule has 3 heteroatoms. The van der Waals surface area contributed by atoms with E-state index < -0.39 is 0 Å². The highest BCUT2D eigenvalue weighted by Crippen LogP contribution is 2.18. The van der Waals surface area contributed by atoms with Gasteiger partial charge in [0, 0.05) is 24.7 Å². The molecule has 1 aliphatic heterocycles. The highest BCUT2D eigenvalue weighted by molar-refractivity contribution is 5.93. The van der Waals surface area contributed by atoms with Crippen molar-refractivity contribution in [1.82, 2.24) is 5.32 Å². The summed E-state index contributed by atoms with van der Waals surface area (Å²) < 4.78 is 0. The first-order chi connectivity index (χ1) is 10.3. The Bertz CT molecular complexity index is 412. The highest BCUT2D eigenvalue weighted by Gasteiger charge is 2.18.